The highest BCUT2D eigenvalue weighted by Gasteiger charge is 2.02. The zero-order valence-corrected chi connectivity index (χ0v) is 7.66. The normalized spacial score (nSPS) is 16.4. The van der Waals surface area contributed by atoms with Crippen molar-refractivity contribution in [2.75, 3.05) is 13.1 Å². The molecule has 0 saturated heterocycles. The zero-order valence-electron chi connectivity index (χ0n) is 7.66. The first-order chi connectivity index (χ1) is 5.83. The topological polar surface area (TPSA) is 41.6 Å². The average Bonchev–Trinajstić information content (AvgIpc) is 2.09. The molecule has 3 heteroatoms. The van der Waals surface area contributed by atoms with Gasteiger partial charge in [-0.3, -0.25) is 5.01 Å². The molecule has 0 spiro atoms. The molecule has 68 valence electrons. The van der Waals surface area contributed by atoms with Crippen LogP contribution in [0, 0.1) is 0 Å². The molecular weight excluding hydrogens is 150 g/mol. The van der Waals surface area contributed by atoms with E-state index in [2.05, 4.69) is 12.0 Å². The Labute approximate surface area is 73.9 Å². The van der Waals surface area contributed by atoms with Crippen molar-refractivity contribution in [2.45, 2.75) is 26.2 Å². The van der Waals surface area contributed by atoms with E-state index in [9.17, 15) is 0 Å². The minimum absolute atomic E-state index is 0.779. The molecule has 0 radical (unpaired) electrons. The predicted octanol–water partition coefficient (Wildman–Crippen LogP) is 1.32. The highest BCUT2D eigenvalue weighted by molar-refractivity contribution is 5.77. The molecular formula is C9H17N3. The van der Waals surface area contributed by atoms with E-state index in [4.69, 9.17) is 5.73 Å². The summed E-state index contributed by atoms with van der Waals surface area (Å²) in [6.07, 6.45) is 7.48. The molecule has 1 heterocycles. The molecule has 2 N–H and O–H groups in total. The van der Waals surface area contributed by atoms with Crippen LogP contribution in [0.3, 0.4) is 0 Å². The van der Waals surface area contributed by atoms with Gasteiger partial charge in [0.15, 0.2) is 0 Å². The van der Waals surface area contributed by atoms with Crippen molar-refractivity contribution in [1.29, 1.82) is 0 Å². The standard InChI is InChI=1S/C9H17N3/c1-2-3-4-6-12-7-5-9(10)8-11-12/h5,8H,2-4,6-7,10H2,1H3. The Morgan fingerprint density at radius 2 is 2.42 bits per heavy atom. The van der Waals surface area contributed by atoms with E-state index < -0.39 is 0 Å². The molecule has 0 amide bonds. The van der Waals surface area contributed by atoms with E-state index in [1.54, 1.807) is 6.21 Å². The lowest BCUT2D eigenvalue weighted by Gasteiger charge is -2.19. The highest BCUT2D eigenvalue weighted by Crippen LogP contribution is 2.02. The predicted molar refractivity (Wildman–Crippen MR) is 51.9 cm³/mol. The largest absolute Gasteiger partial charge is 0.398 e. The molecule has 0 aromatic carbocycles. The van der Waals surface area contributed by atoms with E-state index >= 15 is 0 Å². The van der Waals surface area contributed by atoms with Crippen LogP contribution in [-0.2, 0) is 0 Å². The monoisotopic (exact) mass is 167 g/mol. The lowest BCUT2D eigenvalue weighted by molar-refractivity contribution is 0.309. The van der Waals surface area contributed by atoms with Gasteiger partial charge < -0.3 is 5.73 Å². The number of hydrogen-bond donors (Lipinski definition) is 1. The summed E-state index contributed by atoms with van der Waals surface area (Å²) in [6.45, 7) is 4.12. The summed E-state index contributed by atoms with van der Waals surface area (Å²) in [5.74, 6) is 0. The summed E-state index contributed by atoms with van der Waals surface area (Å²) < 4.78 is 0. The van der Waals surface area contributed by atoms with Crippen LogP contribution in [0.1, 0.15) is 26.2 Å². The van der Waals surface area contributed by atoms with Crippen LogP contribution in [0.2, 0.25) is 0 Å². The fourth-order valence-electron chi connectivity index (χ4n) is 1.15. The Hall–Kier alpha value is -0.990. The number of hydrogen-bond acceptors (Lipinski definition) is 3. The fraction of sp³-hybridized carbons (Fsp3) is 0.667. The molecule has 0 aromatic heterocycles. The molecule has 12 heavy (non-hydrogen) atoms. The summed E-state index contributed by atoms with van der Waals surface area (Å²) in [5, 5.41) is 6.24. The first-order valence-corrected chi connectivity index (χ1v) is 4.57. The number of unbranched alkanes of at least 4 members (excludes halogenated alkanes) is 2. The van der Waals surface area contributed by atoms with E-state index in [0.29, 0.717) is 0 Å². The molecule has 0 atom stereocenters. The van der Waals surface area contributed by atoms with Gasteiger partial charge in [0.05, 0.1) is 12.8 Å². The summed E-state index contributed by atoms with van der Waals surface area (Å²) in [4.78, 5) is 0. The Balaban J connectivity index is 2.16. The van der Waals surface area contributed by atoms with Crippen LogP contribution in [0.15, 0.2) is 16.9 Å². The van der Waals surface area contributed by atoms with Crippen molar-refractivity contribution < 1.29 is 0 Å². The number of hydrazone groups is 1. The first-order valence-electron chi connectivity index (χ1n) is 4.57. The molecule has 0 aliphatic carbocycles. The van der Waals surface area contributed by atoms with Crippen LogP contribution in [0.5, 0.6) is 0 Å². The summed E-state index contributed by atoms with van der Waals surface area (Å²) in [7, 11) is 0. The first kappa shape index (κ1) is 9.10. The third-order valence-electron chi connectivity index (χ3n) is 1.93. The van der Waals surface area contributed by atoms with Crippen molar-refractivity contribution in [3.8, 4) is 0 Å². The van der Waals surface area contributed by atoms with E-state index in [1.165, 1.54) is 19.3 Å². The Bertz CT molecular complexity index is 184. The van der Waals surface area contributed by atoms with Crippen molar-refractivity contribution in [1.82, 2.24) is 5.01 Å². The van der Waals surface area contributed by atoms with Gasteiger partial charge >= 0.3 is 0 Å². The molecule has 0 unspecified atom stereocenters. The quantitative estimate of drug-likeness (QED) is 0.642. The maximum atomic E-state index is 5.54. The molecule has 1 aliphatic heterocycles. The maximum Gasteiger partial charge on any atom is 0.0697 e. The summed E-state index contributed by atoms with van der Waals surface area (Å²) in [5.41, 5.74) is 6.32. The van der Waals surface area contributed by atoms with Gasteiger partial charge in [-0.05, 0) is 12.5 Å². The number of allylic oxidation sites excluding steroid dienone is 1. The fourth-order valence-corrected chi connectivity index (χ4v) is 1.15. The highest BCUT2D eigenvalue weighted by atomic mass is 15.4. The van der Waals surface area contributed by atoms with Gasteiger partial charge in [0.25, 0.3) is 0 Å². The van der Waals surface area contributed by atoms with Crippen LogP contribution in [0.25, 0.3) is 0 Å². The second-order valence-electron chi connectivity index (χ2n) is 3.07. The SMILES string of the molecule is CCCCCN1CC=C(N)C=N1. The van der Waals surface area contributed by atoms with E-state index in [0.717, 1.165) is 18.8 Å². The Kier molecular flexibility index (Phi) is 3.64. The molecule has 0 aromatic rings. The lowest BCUT2D eigenvalue weighted by Crippen LogP contribution is -2.24. The smallest absolute Gasteiger partial charge is 0.0697 e. The van der Waals surface area contributed by atoms with Crippen LogP contribution in [0.4, 0.5) is 0 Å². The van der Waals surface area contributed by atoms with E-state index in [1.807, 2.05) is 11.1 Å². The molecule has 0 bridgehead atoms. The third-order valence-corrected chi connectivity index (χ3v) is 1.93. The van der Waals surface area contributed by atoms with Crippen molar-refractivity contribution in [2.24, 2.45) is 10.8 Å². The van der Waals surface area contributed by atoms with Crippen molar-refractivity contribution in [3.05, 3.63) is 11.8 Å². The maximum absolute atomic E-state index is 5.54. The number of nitrogens with two attached hydrogens (primary N) is 1. The minimum atomic E-state index is 0.779. The Morgan fingerprint density at radius 1 is 1.58 bits per heavy atom. The van der Waals surface area contributed by atoms with Gasteiger partial charge in [0, 0.05) is 12.2 Å². The Morgan fingerprint density at radius 3 is 3.00 bits per heavy atom. The van der Waals surface area contributed by atoms with Crippen LogP contribution >= 0.6 is 0 Å². The van der Waals surface area contributed by atoms with Gasteiger partial charge in [0.2, 0.25) is 0 Å². The van der Waals surface area contributed by atoms with Gasteiger partial charge in [-0.1, -0.05) is 19.8 Å². The minimum Gasteiger partial charge on any atom is -0.398 e. The van der Waals surface area contributed by atoms with Crippen LogP contribution < -0.4 is 5.73 Å². The van der Waals surface area contributed by atoms with Gasteiger partial charge in [-0.15, -0.1) is 0 Å². The third kappa shape index (κ3) is 2.95. The molecule has 0 fully saturated rings. The van der Waals surface area contributed by atoms with Crippen molar-refractivity contribution in [3.63, 3.8) is 0 Å². The summed E-state index contributed by atoms with van der Waals surface area (Å²) in [6, 6.07) is 0. The second-order valence-corrected chi connectivity index (χ2v) is 3.07. The van der Waals surface area contributed by atoms with Gasteiger partial charge in [-0.25, -0.2) is 0 Å². The van der Waals surface area contributed by atoms with Crippen molar-refractivity contribution >= 4 is 6.21 Å². The molecule has 3 nitrogen and oxygen atoms in total. The number of nitrogens with zero attached hydrogens (tertiary/aromatic N) is 2. The average molecular weight is 167 g/mol. The molecule has 1 rings (SSSR count). The van der Waals surface area contributed by atoms with Gasteiger partial charge in [0.1, 0.15) is 0 Å². The van der Waals surface area contributed by atoms with Gasteiger partial charge in [-0.2, -0.15) is 5.10 Å². The van der Waals surface area contributed by atoms with E-state index in [-0.39, 0.29) is 0 Å². The van der Waals surface area contributed by atoms with Crippen LogP contribution in [-0.4, -0.2) is 24.3 Å². The zero-order chi connectivity index (χ0) is 8.81. The lowest BCUT2D eigenvalue weighted by atomic mass is 10.2. The summed E-state index contributed by atoms with van der Waals surface area (Å²) >= 11 is 0. The second kappa shape index (κ2) is 4.80. The molecule has 1 aliphatic rings. The molecule has 0 saturated carbocycles. The number of rotatable bonds is 4.